The molecule has 0 aromatic carbocycles. The summed E-state index contributed by atoms with van der Waals surface area (Å²) in [4.78, 5) is 10.0. The van der Waals surface area contributed by atoms with Gasteiger partial charge in [0, 0.05) is 41.8 Å². The number of thiazole rings is 1. The van der Waals surface area contributed by atoms with Gasteiger partial charge in [0.25, 0.3) is 0 Å². The average Bonchev–Trinajstić information content (AvgIpc) is 3.17. The molecular formula is C14H17N5S. The van der Waals surface area contributed by atoms with Gasteiger partial charge in [0.1, 0.15) is 0 Å². The van der Waals surface area contributed by atoms with Crippen molar-refractivity contribution in [3.05, 3.63) is 46.7 Å². The summed E-state index contributed by atoms with van der Waals surface area (Å²) in [5.41, 5.74) is 9.85. The molecule has 20 heavy (non-hydrogen) atoms. The number of piperidine rings is 1. The summed E-state index contributed by atoms with van der Waals surface area (Å²) in [6.45, 7) is 0.976. The lowest BCUT2D eigenvalue weighted by Gasteiger charge is -2.33. The Morgan fingerprint density at radius 3 is 3.05 bits per heavy atom. The van der Waals surface area contributed by atoms with Crippen LogP contribution in [-0.2, 0) is 0 Å². The number of pyridine rings is 1. The molecule has 4 unspecified atom stereocenters. The standard InChI is InChI=1S/C14H17N5S/c1-2-4-16-10(3-1)14-9-5-11(13-7-15-8-20-13)17-6-12(9)18-19-14/h1-4,7-9,11-12,14,17-19H,5-6H2. The van der Waals surface area contributed by atoms with E-state index in [1.165, 1.54) is 4.88 Å². The Morgan fingerprint density at radius 2 is 2.25 bits per heavy atom. The van der Waals surface area contributed by atoms with Gasteiger partial charge in [-0.15, -0.1) is 11.3 Å². The SMILES string of the molecule is c1ccc(C2NNC3CNC(c4cncs4)CC32)nc1. The van der Waals surface area contributed by atoms with E-state index < -0.39 is 0 Å². The van der Waals surface area contributed by atoms with Gasteiger partial charge < -0.3 is 5.32 Å². The van der Waals surface area contributed by atoms with Gasteiger partial charge in [-0.25, -0.2) is 5.43 Å². The molecule has 3 N–H and O–H groups in total. The summed E-state index contributed by atoms with van der Waals surface area (Å²) in [5.74, 6) is 0.554. The van der Waals surface area contributed by atoms with E-state index in [1.807, 2.05) is 24.0 Å². The number of hydrogen-bond acceptors (Lipinski definition) is 6. The van der Waals surface area contributed by atoms with E-state index in [-0.39, 0.29) is 0 Å². The molecule has 0 radical (unpaired) electrons. The van der Waals surface area contributed by atoms with Gasteiger partial charge in [0.15, 0.2) is 0 Å². The Hall–Kier alpha value is -1.34. The minimum Gasteiger partial charge on any atom is -0.308 e. The average molecular weight is 287 g/mol. The molecule has 4 heterocycles. The van der Waals surface area contributed by atoms with Crippen molar-refractivity contribution in [2.45, 2.75) is 24.5 Å². The molecule has 4 atom stereocenters. The topological polar surface area (TPSA) is 61.9 Å². The van der Waals surface area contributed by atoms with Gasteiger partial charge in [-0.05, 0) is 18.6 Å². The first-order valence-corrected chi connectivity index (χ1v) is 7.83. The first-order valence-electron chi connectivity index (χ1n) is 6.95. The van der Waals surface area contributed by atoms with Crippen LogP contribution in [0.5, 0.6) is 0 Å². The summed E-state index contributed by atoms with van der Waals surface area (Å²) < 4.78 is 0. The maximum Gasteiger partial charge on any atom is 0.0794 e. The molecule has 2 aliphatic heterocycles. The van der Waals surface area contributed by atoms with Crippen LogP contribution in [-0.4, -0.2) is 22.6 Å². The van der Waals surface area contributed by atoms with E-state index in [4.69, 9.17) is 0 Å². The Balaban J connectivity index is 1.57. The molecular weight excluding hydrogens is 270 g/mol. The minimum absolute atomic E-state index is 0.290. The predicted octanol–water partition coefficient (Wildman–Crippen LogP) is 1.41. The molecule has 5 nitrogen and oxygen atoms in total. The fourth-order valence-electron chi connectivity index (χ4n) is 3.24. The van der Waals surface area contributed by atoms with Crippen LogP contribution in [0, 0.1) is 5.92 Å². The van der Waals surface area contributed by atoms with Gasteiger partial charge in [-0.2, -0.15) is 0 Å². The van der Waals surface area contributed by atoms with E-state index in [0.717, 1.165) is 18.7 Å². The van der Waals surface area contributed by atoms with Crippen LogP contribution in [0.25, 0.3) is 0 Å². The Bertz CT molecular complexity index is 558. The number of aromatic nitrogens is 2. The number of rotatable bonds is 2. The predicted molar refractivity (Wildman–Crippen MR) is 78.0 cm³/mol. The lowest BCUT2D eigenvalue weighted by atomic mass is 9.83. The first-order chi connectivity index (χ1) is 9.92. The van der Waals surface area contributed by atoms with Gasteiger partial charge in [-0.1, -0.05) is 6.07 Å². The molecule has 2 aliphatic rings. The first kappa shape index (κ1) is 12.4. The smallest absolute Gasteiger partial charge is 0.0794 e. The second kappa shape index (κ2) is 5.21. The third kappa shape index (κ3) is 2.14. The van der Waals surface area contributed by atoms with Crippen LogP contribution in [0.15, 0.2) is 36.1 Å². The van der Waals surface area contributed by atoms with Crippen molar-refractivity contribution in [1.82, 2.24) is 26.1 Å². The van der Waals surface area contributed by atoms with Crippen LogP contribution in [0.3, 0.4) is 0 Å². The highest BCUT2D eigenvalue weighted by Crippen LogP contribution is 2.38. The molecule has 6 heteroatoms. The van der Waals surface area contributed by atoms with E-state index in [1.54, 1.807) is 11.3 Å². The third-order valence-corrected chi connectivity index (χ3v) is 5.15. The largest absolute Gasteiger partial charge is 0.308 e. The van der Waals surface area contributed by atoms with Gasteiger partial charge in [0.2, 0.25) is 0 Å². The number of nitrogens with one attached hydrogen (secondary N) is 3. The van der Waals surface area contributed by atoms with E-state index in [9.17, 15) is 0 Å². The summed E-state index contributed by atoms with van der Waals surface area (Å²) in [6.07, 6.45) is 4.95. The summed E-state index contributed by atoms with van der Waals surface area (Å²) >= 11 is 1.73. The maximum absolute atomic E-state index is 4.51. The number of hydrogen-bond donors (Lipinski definition) is 3. The molecule has 2 aromatic heterocycles. The zero-order valence-corrected chi connectivity index (χ0v) is 11.8. The highest BCUT2D eigenvalue weighted by Gasteiger charge is 2.41. The quantitative estimate of drug-likeness (QED) is 0.779. The lowest BCUT2D eigenvalue weighted by Crippen LogP contribution is -2.46. The fraction of sp³-hybridized carbons (Fsp3) is 0.429. The number of nitrogens with zero attached hydrogens (tertiary/aromatic N) is 2. The molecule has 2 fully saturated rings. The Kier molecular flexibility index (Phi) is 3.23. The molecule has 0 aliphatic carbocycles. The summed E-state index contributed by atoms with van der Waals surface area (Å²) in [7, 11) is 0. The number of hydrazine groups is 1. The Morgan fingerprint density at radius 1 is 1.25 bits per heavy atom. The van der Waals surface area contributed by atoms with Crippen LogP contribution in [0.1, 0.15) is 29.1 Å². The molecule has 0 saturated carbocycles. The van der Waals surface area contributed by atoms with Crippen LogP contribution in [0.2, 0.25) is 0 Å². The summed E-state index contributed by atoms with van der Waals surface area (Å²) in [5, 5.41) is 3.61. The van der Waals surface area contributed by atoms with Gasteiger partial charge >= 0.3 is 0 Å². The van der Waals surface area contributed by atoms with Crippen molar-refractivity contribution in [2.24, 2.45) is 5.92 Å². The number of fused-ring (bicyclic) bond motifs is 1. The van der Waals surface area contributed by atoms with Crippen molar-refractivity contribution in [1.29, 1.82) is 0 Å². The molecule has 104 valence electrons. The monoisotopic (exact) mass is 287 g/mol. The molecule has 2 aromatic rings. The van der Waals surface area contributed by atoms with Gasteiger partial charge in [-0.3, -0.25) is 15.4 Å². The fourth-order valence-corrected chi connectivity index (χ4v) is 3.95. The van der Waals surface area contributed by atoms with Gasteiger partial charge in [0.05, 0.1) is 17.2 Å². The van der Waals surface area contributed by atoms with E-state index in [2.05, 4.69) is 38.3 Å². The van der Waals surface area contributed by atoms with Crippen LogP contribution in [0.4, 0.5) is 0 Å². The van der Waals surface area contributed by atoms with Crippen molar-refractivity contribution in [3.63, 3.8) is 0 Å². The van der Waals surface area contributed by atoms with Crippen molar-refractivity contribution < 1.29 is 0 Å². The molecule has 4 rings (SSSR count). The van der Waals surface area contributed by atoms with Crippen LogP contribution >= 0.6 is 11.3 Å². The van der Waals surface area contributed by atoms with Crippen molar-refractivity contribution >= 4 is 11.3 Å². The second-order valence-electron chi connectivity index (χ2n) is 5.39. The molecule has 0 amide bonds. The molecule has 0 spiro atoms. The lowest BCUT2D eigenvalue weighted by molar-refractivity contribution is 0.267. The second-order valence-corrected chi connectivity index (χ2v) is 6.31. The van der Waals surface area contributed by atoms with E-state index in [0.29, 0.717) is 24.0 Å². The third-order valence-electron chi connectivity index (χ3n) is 4.26. The van der Waals surface area contributed by atoms with Crippen molar-refractivity contribution in [3.8, 4) is 0 Å². The van der Waals surface area contributed by atoms with Crippen molar-refractivity contribution in [2.75, 3.05) is 6.54 Å². The zero-order valence-electron chi connectivity index (χ0n) is 11.0. The van der Waals surface area contributed by atoms with E-state index >= 15 is 0 Å². The highest BCUT2D eigenvalue weighted by molar-refractivity contribution is 7.09. The highest BCUT2D eigenvalue weighted by atomic mass is 32.1. The maximum atomic E-state index is 4.51. The normalized spacial score (nSPS) is 33.0. The minimum atomic E-state index is 0.290. The Labute approximate surface area is 121 Å². The van der Waals surface area contributed by atoms with Crippen LogP contribution < -0.4 is 16.2 Å². The molecule has 0 bridgehead atoms. The molecule has 2 saturated heterocycles. The zero-order chi connectivity index (χ0) is 13.4. The summed E-state index contributed by atoms with van der Waals surface area (Å²) in [6, 6.07) is 7.29.